The number of nitrogens with zero attached hydrogens (tertiary/aromatic N) is 3. The Bertz CT molecular complexity index is 1040. The van der Waals surface area contributed by atoms with Gasteiger partial charge in [0.25, 0.3) is 0 Å². The first-order valence-corrected chi connectivity index (χ1v) is 10.5. The SMILES string of the molecule is CC(C)n1cc(-c2cccc(C(F)(F)F)c2)nc1-c1cccc(CN2CCOCC2)c1. The van der Waals surface area contributed by atoms with Crippen LogP contribution in [0.25, 0.3) is 22.6 Å². The molecule has 2 heterocycles. The summed E-state index contributed by atoms with van der Waals surface area (Å²) in [4.78, 5) is 7.10. The molecule has 1 fully saturated rings. The van der Waals surface area contributed by atoms with Crippen LogP contribution in [0.15, 0.2) is 54.7 Å². The van der Waals surface area contributed by atoms with Gasteiger partial charge in [-0.3, -0.25) is 4.90 Å². The molecule has 164 valence electrons. The van der Waals surface area contributed by atoms with Crippen molar-refractivity contribution in [2.45, 2.75) is 32.6 Å². The van der Waals surface area contributed by atoms with Crippen LogP contribution in [0.1, 0.15) is 31.0 Å². The Hall–Kier alpha value is -2.64. The highest BCUT2D eigenvalue weighted by Gasteiger charge is 2.30. The number of morpholine rings is 1. The van der Waals surface area contributed by atoms with Gasteiger partial charge in [0.2, 0.25) is 0 Å². The third-order valence-electron chi connectivity index (χ3n) is 5.47. The molecule has 0 saturated carbocycles. The van der Waals surface area contributed by atoms with Crippen LogP contribution >= 0.6 is 0 Å². The van der Waals surface area contributed by atoms with Crippen molar-refractivity contribution >= 4 is 0 Å². The van der Waals surface area contributed by atoms with Gasteiger partial charge in [0.15, 0.2) is 0 Å². The number of halogens is 3. The molecule has 0 radical (unpaired) electrons. The number of aromatic nitrogens is 2. The number of ether oxygens (including phenoxy) is 1. The lowest BCUT2D eigenvalue weighted by molar-refractivity contribution is -0.137. The van der Waals surface area contributed by atoms with E-state index in [1.165, 1.54) is 11.6 Å². The van der Waals surface area contributed by atoms with Gasteiger partial charge in [-0.25, -0.2) is 4.98 Å². The lowest BCUT2D eigenvalue weighted by atomic mass is 10.1. The normalized spacial score (nSPS) is 15.5. The molecular weight excluding hydrogens is 403 g/mol. The van der Waals surface area contributed by atoms with E-state index in [-0.39, 0.29) is 6.04 Å². The summed E-state index contributed by atoms with van der Waals surface area (Å²) in [6.45, 7) is 8.22. The van der Waals surface area contributed by atoms with E-state index in [2.05, 4.69) is 17.0 Å². The Morgan fingerprint density at radius 2 is 1.71 bits per heavy atom. The van der Waals surface area contributed by atoms with Gasteiger partial charge in [-0.1, -0.05) is 30.3 Å². The van der Waals surface area contributed by atoms with E-state index < -0.39 is 11.7 Å². The standard InChI is InChI=1S/C24H26F3N3O/c1-17(2)30-16-22(19-6-4-8-21(14-19)24(25,26)27)28-23(30)20-7-3-5-18(13-20)15-29-9-11-31-12-10-29/h3-8,13-14,16-17H,9-12,15H2,1-2H3. The molecule has 1 aliphatic rings. The average molecular weight is 429 g/mol. The molecule has 0 unspecified atom stereocenters. The molecule has 31 heavy (non-hydrogen) atoms. The first kappa shape index (κ1) is 21.6. The fourth-order valence-electron chi connectivity index (χ4n) is 3.82. The first-order valence-electron chi connectivity index (χ1n) is 10.5. The van der Waals surface area contributed by atoms with Crippen LogP contribution in [0.4, 0.5) is 13.2 Å². The minimum absolute atomic E-state index is 0.116. The smallest absolute Gasteiger partial charge is 0.379 e. The fraction of sp³-hybridized carbons (Fsp3) is 0.375. The molecule has 1 aliphatic heterocycles. The summed E-state index contributed by atoms with van der Waals surface area (Å²) in [6.07, 6.45) is -2.54. The summed E-state index contributed by atoms with van der Waals surface area (Å²) in [5.41, 5.74) is 2.46. The zero-order valence-corrected chi connectivity index (χ0v) is 17.7. The van der Waals surface area contributed by atoms with Crippen molar-refractivity contribution < 1.29 is 17.9 Å². The van der Waals surface area contributed by atoms with Crippen molar-refractivity contribution in [2.24, 2.45) is 0 Å². The Kier molecular flexibility index (Phi) is 6.16. The lowest BCUT2D eigenvalue weighted by Crippen LogP contribution is -2.35. The molecule has 1 aromatic heterocycles. The number of hydrogen-bond donors (Lipinski definition) is 0. The minimum Gasteiger partial charge on any atom is -0.379 e. The summed E-state index contributed by atoms with van der Waals surface area (Å²) < 4.78 is 46.9. The topological polar surface area (TPSA) is 30.3 Å². The number of alkyl halides is 3. The second kappa shape index (κ2) is 8.85. The number of hydrogen-bond acceptors (Lipinski definition) is 3. The van der Waals surface area contributed by atoms with Gasteiger partial charge in [0.1, 0.15) is 5.82 Å². The van der Waals surface area contributed by atoms with Crippen LogP contribution in [0.5, 0.6) is 0 Å². The molecule has 0 amide bonds. The van der Waals surface area contributed by atoms with Gasteiger partial charge in [0.05, 0.1) is 24.5 Å². The van der Waals surface area contributed by atoms with Crippen LogP contribution in [-0.4, -0.2) is 40.8 Å². The minimum atomic E-state index is -4.38. The Balaban J connectivity index is 1.68. The summed E-state index contributed by atoms with van der Waals surface area (Å²) >= 11 is 0. The summed E-state index contributed by atoms with van der Waals surface area (Å²) in [5, 5.41) is 0. The van der Waals surface area contributed by atoms with Gasteiger partial charge in [-0.15, -0.1) is 0 Å². The van der Waals surface area contributed by atoms with Gasteiger partial charge in [0, 0.05) is 43.0 Å². The van der Waals surface area contributed by atoms with Gasteiger partial charge >= 0.3 is 6.18 Å². The molecule has 0 aliphatic carbocycles. The Morgan fingerprint density at radius 1 is 1.00 bits per heavy atom. The third kappa shape index (κ3) is 4.99. The van der Waals surface area contributed by atoms with E-state index in [4.69, 9.17) is 9.72 Å². The highest BCUT2D eigenvalue weighted by atomic mass is 19.4. The third-order valence-corrected chi connectivity index (χ3v) is 5.47. The number of benzene rings is 2. The molecule has 3 aromatic rings. The predicted molar refractivity (Wildman–Crippen MR) is 115 cm³/mol. The molecule has 7 heteroatoms. The van der Waals surface area contributed by atoms with Crippen molar-refractivity contribution in [3.8, 4) is 22.6 Å². The molecule has 0 atom stereocenters. The van der Waals surface area contributed by atoms with E-state index in [1.54, 1.807) is 6.07 Å². The molecule has 4 nitrogen and oxygen atoms in total. The maximum Gasteiger partial charge on any atom is 0.416 e. The molecule has 2 aromatic carbocycles. The largest absolute Gasteiger partial charge is 0.416 e. The van der Waals surface area contributed by atoms with Crippen LogP contribution in [0, 0.1) is 0 Å². The Morgan fingerprint density at radius 3 is 2.42 bits per heavy atom. The highest BCUT2D eigenvalue weighted by Crippen LogP contribution is 2.33. The van der Waals surface area contributed by atoms with E-state index in [9.17, 15) is 13.2 Å². The van der Waals surface area contributed by atoms with Crippen molar-refractivity contribution in [1.82, 2.24) is 14.5 Å². The van der Waals surface area contributed by atoms with Crippen molar-refractivity contribution in [3.63, 3.8) is 0 Å². The van der Waals surface area contributed by atoms with E-state index in [0.717, 1.165) is 56.4 Å². The molecule has 0 spiro atoms. The maximum absolute atomic E-state index is 13.2. The molecule has 1 saturated heterocycles. The second-order valence-electron chi connectivity index (χ2n) is 8.12. The van der Waals surface area contributed by atoms with E-state index in [0.29, 0.717) is 11.3 Å². The maximum atomic E-state index is 13.2. The average Bonchev–Trinajstić information content (AvgIpc) is 3.20. The van der Waals surface area contributed by atoms with Crippen LogP contribution < -0.4 is 0 Å². The lowest BCUT2D eigenvalue weighted by Gasteiger charge is -2.26. The predicted octanol–water partition coefficient (Wildman–Crippen LogP) is 5.65. The van der Waals surface area contributed by atoms with Crippen LogP contribution in [0.3, 0.4) is 0 Å². The van der Waals surface area contributed by atoms with Crippen molar-refractivity contribution in [1.29, 1.82) is 0 Å². The summed E-state index contributed by atoms with van der Waals surface area (Å²) in [6, 6.07) is 13.7. The van der Waals surface area contributed by atoms with Crippen LogP contribution in [0.2, 0.25) is 0 Å². The second-order valence-corrected chi connectivity index (χ2v) is 8.12. The molecule has 4 rings (SSSR count). The van der Waals surface area contributed by atoms with Gasteiger partial charge in [-0.2, -0.15) is 13.2 Å². The first-order chi connectivity index (χ1) is 14.8. The van der Waals surface area contributed by atoms with Gasteiger partial charge < -0.3 is 9.30 Å². The summed E-state index contributed by atoms with van der Waals surface area (Å²) in [7, 11) is 0. The molecule has 0 N–H and O–H groups in total. The quantitative estimate of drug-likeness (QED) is 0.525. The molecule has 0 bridgehead atoms. The van der Waals surface area contributed by atoms with Crippen LogP contribution in [-0.2, 0) is 17.5 Å². The molecular formula is C24H26F3N3O. The number of imidazole rings is 1. The highest BCUT2D eigenvalue weighted by molar-refractivity contribution is 5.66. The Labute approximate surface area is 180 Å². The van der Waals surface area contributed by atoms with Crippen molar-refractivity contribution in [2.75, 3.05) is 26.3 Å². The number of rotatable bonds is 5. The summed E-state index contributed by atoms with van der Waals surface area (Å²) in [5.74, 6) is 0.756. The van der Waals surface area contributed by atoms with E-state index in [1.807, 2.05) is 36.7 Å². The zero-order valence-electron chi connectivity index (χ0n) is 17.7. The van der Waals surface area contributed by atoms with Gasteiger partial charge in [-0.05, 0) is 37.6 Å². The monoisotopic (exact) mass is 429 g/mol. The van der Waals surface area contributed by atoms with Crippen molar-refractivity contribution in [3.05, 3.63) is 65.9 Å². The fourth-order valence-corrected chi connectivity index (χ4v) is 3.82. The zero-order chi connectivity index (χ0) is 22.0. The van der Waals surface area contributed by atoms with E-state index >= 15 is 0 Å².